The highest BCUT2D eigenvalue weighted by molar-refractivity contribution is 14.1. The zero-order valence-electron chi connectivity index (χ0n) is 10.9. The number of nitrogens with one attached hydrogen (secondary N) is 1. The summed E-state index contributed by atoms with van der Waals surface area (Å²) in [5, 5.41) is 0. The summed E-state index contributed by atoms with van der Waals surface area (Å²) in [6, 6.07) is 12.6. The molecular formula is C15H18IN3. The van der Waals surface area contributed by atoms with Gasteiger partial charge in [0.1, 0.15) is 0 Å². The van der Waals surface area contributed by atoms with Crippen LogP contribution in [0.5, 0.6) is 0 Å². The molecule has 0 aliphatic rings. The van der Waals surface area contributed by atoms with Crippen LogP contribution in [-0.4, -0.2) is 4.98 Å². The Bertz CT molecular complexity index is 525. The first-order chi connectivity index (χ1) is 9.24. The average Bonchev–Trinajstić information content (AvgIpc) is 2.46. The van der Waals surface area contributed by atoms with E-state index in [9.17, 15) is 0 Å². The molecule has 0 aliphatic heterocycles. The summed E-state index contributed by atoms with van der Waals surface area (Å²) < 4.78 is 1.22. The van der Waals surface area contributed by atoms with E-state index in [1.54, 1.807) is 0 Å². The Morgan fingerprint density at radius 1 is 1.26 bits per heavy atom. The van der Waals surface area contributed by atoms with E-state index >= 15 is 0 Å². The molecule has 0 fully saturated rings. The van der Waals surface area contributed by atoms with Gasteiger partial charge in [0.05, 0.1) is 6.04 Å². The summed E-state index contributed by atoms with van der Waals surface area (Å²) >= 11 is 2.34. The molecule has 4 heteroatoms. The second-order valence-corrected chi connectivity index (χ2v) is 5.62. The van der Waals surface area contributed by atoms with E-state index < -0.39 is 0 Å². The Hall–Kier alpha value is -0.980. The van der Waals surface area contributed by atoms with Crippen molar-refractivity contribution in [2.75, 3.05) is 0 Å². The topological polar surface area (TPSA) is 50.9 Å². The summed E-state index contributed by atoms with van der Waals surface area (Å²) in [7, 11) is 0. The van der Waals surface area contributed by atoms with E-state index in [0.29, 0.717) is 0 Å². The SMILES string of the molecule is CCc1ccc(CC(NN)c2ccccc2I)nc1. The zero-order valence-corrected chi connectivity index (χ0v) is 13.1. The molecular weight excluding hydrogens is 349 g/mol. The van der Waals surface area contributed by atoms with E-state index in [1.165, 1.54) is 14.7 Å². The van der Waals surface area contributed by atoms with Gasteiger partial charge in [0.2, 0.25) is 0 Å². The molecule has 0 spiro atoms. The van der Waals surface area contributed by atoms with Crippen LogP contribution in [0.15, 0.2) is 42.6 Å². The molecule has 0 saturated carbocycles. The van der Waals surface area contributed by atoms with Gasteiger partial charge in [-0.25, -0.2) is 0 Å². The van der Waals surface area contributed by atoms with Crippen LogP contribution in [0.1, 0.15) is 29.8 Å². The molecule has 0 saturated heterocycles. The van der Waals surface area contributed by atoms with Crippen LogP contribution < -0.4 is 11.3 Å². The van der Waals surface area contributed by atoms with E-state index in [2.05, 4.69) is 64.2 Å². The van der Waals surface area contributed by atoms with Crippen LogP contribution in [0, 0.1) is 3.57 Å². The smallest absolute Gasteiger partial charge is 0.0525 e. The summed E-state index contributed by atoms with van der Waals surface area (Å²) in [6.07, 6.45) is 3.75. The second-order valence-electron chi connectivity index (χ2n) is 4.46. The molecule has 100 valence electrons. The molecule has 0 aliphatic carbocycles. The third-order valence-corrected chi connectivity index (χ3v) is 4.17. The summed E-state index contributed by atoms with van der Waals surface area (Å²) in [4.78, 5) is 4.49. The number of hydrogen-bond donors (Lipinski definition) is 2. The standard InChI is InChI=1S/C15H18IN3/c1-2-11-7-8-12(18-10-11)9-15(19-17)13-5-3-4-6-14(13)16/h3-8,10,15,19H,2,9,17H2,1H3. The van der Waals surface area contributed by atoms with Crippen molar-refractivity contribution in [3.63, 3.8) is 0 Å². The second kappa shape index (κ2) is 6.98. The maximum absolute atomic E-state index is 5.70. The Labute approximate surface area is 127 Å². The number of hydrazine groups is 1. The molecule has 1 aromatic heterocycles. The zero-order chi connectivity index (χ0) is 13.7. The molecule has 1 heterocycles. The monoisotopic (exact) mass is 367 g/mol. The van der Waals surface area contributed by atoms with E-state index in [0.717, 1.165) is 18.5 Å². The van der Waals surface area contributed by atoms with E-state index in [1.807, 2.05) is 18.3 Å². The number of nitrogens with zero attached hydrogens (tertiary/aromatic N) is 1. The fraction of sp³-hybridized carbons (Fsp3) is 0.267. The van der Waals surface area contributed by atoms with Crippen LogP contribution in [0.3, 0.4) is 0 Å². The fourth-order valence-corrected chi connectivity index (χ4v) is 2.77. The van der Waals surface area contributed by atoms with Gasteiger partial charge < -0.3 is 0 Å². The molecule has 1 atom stereocenters. The molecule has 0 radical (unpaired) electrons. The normalized spacial score (nSPS) is 12.4. The number of nitrogens with two attached hydrogens (primary N) is 1. The lowest BCUT2D eigenvalue weighted by Crippen LogP contribution is -2.30. The summed E-state index contributed by atoms with van der Waals surface area (Å²) in [6.45, 7) is 2.13. The van der Waals surface area contributed by atoms with Gasteiger partial charge in [0, 0.05) is 21.9 Å². The van der Waals surface area contributed by atoms with Gasteiger partial charge >= 0.3 is 0 Å². The van der Waals surface area contributed by atoms with Gasteiger partial charge in [-0.3, -0.25) is 16.3 Å². The predicted octanol–water partition coefficient (Wildman–Crippen LogP) is 3.00. The molecule has 3 N–H and O–H groups in total. The highest BCUT2D eigenvalue weighted by Crippen LogP contribution is 2.22. The number of hydrogen-bond acceptors (Lipinski definition) is 3. The predicted molar refractivity (Wildman–Crippen MR) is 86.5 cm³/mol. The van der Waals surface area contributed by atoms with Gasteiger partial charge in [-0.15, -0.1) is 0 Å². The average molecular weight is 367 g/mol. The largest absolute Gasteiger partial charge is 0.271 e. The molecule has 0 bridgehead atoms. The first-order valence-electron chi connectivity index (χ1n) is 6.39. The Kier molecular flexibility index (Phi) is 5.30. The van der Waals surface area contributed by atoms with Gasteiger partial charge in [-0.1, -0.05) is 31.2 Å². The summed E-state index contributed by atoms with van der Waals surface area (Å²) in [5.74, 6) is 5.70. The van der Waals surface area contributed by atoms with Crippen molar-refractivity contribution in [3.8, 4) is 0 Å². The van der Waals surface area contributed by atoms with Crippen molar-refractivity contribution < 1.29 is 0 Å². The third-order valence-electron chi connectivity index (χ3n) is 3.19. The van der Waals surface area contributed by atoms with Gasteiger partial charge in [-0.05, 0) is 52.3 Å². The van der Waals surface area contributed by atoms with E-state index in [4.69, 9.17) is 5.84 Å². The highest BCUT2D eigenvalue weighted by atomic mass is 127. The highest BCUT2D eigenvalue weighted by Gasteiger charge is 2.13. The van der Waals surface area contributed by atoms with Crippen LogP contribution >= 0.6 is 22.6 Å². The van der Waals surface area contributed by atoms with Crippen molar-refractivity contribution >= 4 is 22.6 Å². The third kappa shape index (κ3) is 3.75. The quantitative estimate of drug-likeness (QED) is 0.485. The van der Waals surface area contributed by atoms with Crippen molar-refractivity contribution in [3.05, 3.63) is 63.0 Å². The number of rotatable bonds is 5. The Morgan fingerprint density at radius 3 is 2.63 bits per heavy atom. The Morgan fingerprint density at radius 2 is 2.05 bits per heavy atom. The number of benzene rings is 1. The first kappa shape index (κ1) is 14.4. The molecule has 3 nitrogen and oxygen atoms in total. The van der Waals surface area contributed by atoms with Crippen LogP contribution in [-0.2, 0) is 12.8 Å². The van der Waals surface area contributed by atoms with Crippen molar-refractivity contribution in [1.82, 2.24) is 10.4 Å². The van der Waals surface area contributed by atoms with E-state index in [-0.39, 0.29) is 6.04 Å². The molecule has 1 aromatic carbocycles. The molecule has 0 amide bonds. The lowest BCUT2D eigenvalue weighted by Gasteiger charge is -2.17. The van der Waals surface area contributed by atoms with Crippen molar-refractivity contribution in [2.45, 2.75) is 25.8 Å². The maximum Gasteiger partial charge on any atom is 0.0525 e. The minimum atomic E-state index is 0.0908. The van der Waals surface area contributed by atoms with Crippen LogP contribution in [0.4, 0.5) is 0 Å². The minimum Gasteiger partial charge on any atom is -0.271 e. The van der Waals surface area contributed by atoms with Gasteiger partial charge in [0.25, 0.3) is 0 Å². The first-order valence-corrected chi connectivity index (χ1v) is 7.46. The molecule has 1 unspecified atom stereocenters. The van der Waals surface area contributed by atoms with Crippen LogP contribution in [0.25, 0.3) is 0 Å². The number of aromatic nitrogens is 1. The number of aryl methyl sites for hydroxylation is 1. The van der Waals surface area contributed by atoms with Crippen molar-refractivity contribution in [1.29, 1.82) is 0 Å². The maximum atomic E-state index is 5.70. The minimum absolute atomic E-state index is 0.0908. The lowest BCUT2D eigenvalue weighted by molar-refractivity contribution is 0.543. The van der Waals surface area contributed by atoms with Gasteiger partial charge in [-0.2, -0.15) is 0 Å². The number of halogens is 1. The summed E-state index contributed by atoms with van der Waals surface area (Å²) in [5.41, 5.74) is 6.42. The van der Waals surface area contributed by atoms with Gasteiger partial charge in [0.15, 0.2) is 0 Å². The lowest BCUT2D eigenvalue weighted by atomic mass is 10.0. The molecule has 2 rings (SSSR count). The van der Waals surface area contributed by atoms with Crippen LogP contribution in [0.2, 0.25) is 0 Å². The number of pyridine rings is 1. The van der Waals surface area contributed by atoms with Crippen molar-refractivity contribution in [2.24, 2.45) is 5.84 Å². The molecule has 19 heavy (non-hydrogen) atoms. The Balaban J connectivity index is 2.17. The molecule has 2 aromatic rings. The fourth-order valence-electron chi connectivity index (χ4n) is 2.01.